The minimum absolute atomic E-state index is 0.639. The van der Waals surface area contributed by atoms with E-state index in [9.17, 15) is 4.79 Å². The molecule has 0 unspecified atom stereocenters. The van der Waals surface area contributed by atoms with Crippen molar-refractivity contribution in [1.29, 1.82) is 0 Å². The average molecular weight is 646 g/mol. The van der Waals surface area contributed by atoms with Crippen LogP contribution >= 0.6 is 0 Å². The number of aryl methyl sites for hydroxylation is 1. The zero-order valence-corrected chi connectivity index (χ0v) is 28.0. The molecular weight excluding hydrogens is 606 g/mol. The number of unbranched alkanes of at least 4 members (excludes halogenated alkanes) is 1. The molecule has 0 saturated heterocycles. The predicted molar refractivity (Wildman–Crippen MR) is 202 cm³/mol. The molecule has 0 spiro atoms. The Morgan fingerprint density at radius 1 is 0.551 bits per heavy atom. The fraction of sp³-hybridized carbons (Fsp3) is 0.140. The summed E-state index contributed by atoms with van der Waals surface area (Å²) in [7, 11) is 3.37. The SMILES string of the molecule is CCCCn1c2ccc(N(c3ccccc3)c3ccc(OC)cc3)cc2c2cc(N(c3ccc(C=O)cc3)c3ccc(OC)cc3)ccc21. The van der Waals surface area contributed by atoms with Crippen LogP contribution in [0.15, 0.2) is 140 Å². The van der Waals surface area contributed by atoms with Crippen LogP contribution in [0.2, 0.25) is 0 Å². The zero-order chi connectivity index (χ0) is 33.7. The van der Waals surface area contributed by atoms with Gasteiger partial charge in [0, 0.05) is 68.0 Å². The van der Waals surface area contributed by atoms with E-state index in [2.05, 4.69) is 106 Å². The summed E-state index contributed by atoms with van der Waals surface area (Å²) in [5.41, 5.74) is 9.21. The van der Waals surface area contributed by atoms with Gasteiger partial charge < -0.3 is 23.8 Å². The molecule has 7 aromatic rings. The van der Waals surface area contributed by atoms with Gasteiger partial charge in [0.1, 0.15) is 17.8 Å². The van der Waals surface area contributed by atoms with Crippen LogP contribution in [-0.2, 0) is 6.54 Å². The molecule has 0 aliphatic carbocycles. The molecule has 0 radical (unpaired) electrons. The van der Waals surface area contributed by atoms with Gasteiger partial charge >= 0.3 is 0 Å². The van der Waals surface area contributed by atoms with Gasteiger partial charge in [-0.25, -0.2) is 0 Å². The van der Waals surface area contributed by atoms with E-state index >= 15 is 0 Å². The number of aromatic nitrogens is 1. The molecule has 49 heavy (non-hydrogen) atoms. The number of fused-ring (bicyclic) bond motifs is 3. The average Bonchev–Trinajstić information content (AvgIpc) is 3.47. The highest BCUT2D eigenvalue weighted by Gasteiger charge is 2.19. The van der Waals surface area contributed by atoms with Crippen molar-refractivity contribution in [3.05, 3.63) is 145 Å². The number of benzene rings is 6. The molecule has 6 nitrogen and oxygen atoms in total. The van der Waals surface area contributed by atoms with Gasteiger partial charge in [-0.1, -0.05) is 31.5 Å². The Hall–Kier alpha value is -6.01. The van der Waals surface area contributed by atoms with E-state index in [0.717, 1.165) is 71.3 Å². The number of hydrogen-bond donors (Lipinski definition) is 0. The molecule has 6 aromatic carbocycles. The van der Waals surface area contributed by atoms with E-state index in [0.29, 0.717) is 5.56 Å². The number of para-hydroxylation sites is 1. The molecule has 0 atom stereocenters. The fourth-order valence-corrected chi connectivity index (χ4v) is 6.55. The largest absolute Gasteiger partial charge is 0.497 e. The number of carbonyl (C=O) groups is 1. The van der Waals surface area contributed by atoms with Crippen LogP contribution in [0.25, 0.3) is 21.8 Å². The number of methoxy groups -OCH3 is 2. The van der Waals surface area contributed by atoms with Gasteiger partial charge in [-0.3, -0.25) is 4.79 Å². The van der Waals surface area contributed by atoms with E-state index in [-0.39, 0.29) is 0 Å². The molecule has 6 heteroatoms. The summed E-state index contributed by atoms with van der Waals surface area (Å²) in [5.74, 6) is 1.61. The Kier molecular flexibility index (Phi) is 9.02. The Morgan fingerprint density at radius 3 is 1.41 bits per heavy atom. The maximum atomic E-state index is 11.5. The summed E-state index contributed by atoms with van der Waals surface area (Å²) in [6.07, 6.45) is 3.07. The fourth-order valence-electron chi connectivity index (χ4n) is 6.55. The van der Waals surface area contributed by atoms with Gasteiger partial charge in [-0.2, -0.15) is 0 Å². The minimum atomic E-state index is 0.639. The molecular formula is C43H39N3O3. The normalized spacial score (nSPS) is 11.1. The molecule has 0 saturated carbocycles. The quantitative estimate of drug-likeness (QED) is 0.124. The van der Waals surface area contributed by atoms with Crippen molar-refractivity contribution in [3.8, 4) is 11.5 Å². The minimum Gasteiger partial charge on any atom is -0.497 e. The summed E-state index contributed by atoms with van der Waals surface area (Å²) in [4.78, 5) is 16.0. The first-order valence-electron chi connectivity index (χ1n) is 16.7. The molecule has 0 aliphatic rings. The van der Waals surface area contributed by atoms with Gasteiger partial charge in [0.2, 0.25) is 0 Å². The Balaban J connectivity index is 1.43. The lowest BCUT2D eigenvalue weighted by Gasteiger charge is -2.26. The third-order valence-electron chi connectivity index (χ3n) is 9.05. The number of rotatable bonds is 12. The van der Waals surface area contributed by atoms with Crippen molar-refractivity contribution in [3.63, 3.8) is 0 Å². The second-order valence-electron chi connectivity index (χ2n) is 12.0. The van der Waals surface area contributed by atoms with E-state index in [1.165, 1.54) is 21.8 Å². The van der Waals surface area contributed by atoms with Gasteiger partial charge in [-0.05, 0) is 128 Å². The molecule has 0 amide bonds. The Bertz CT molecular complexity index is 2190. The van der Waals surface area contributed by atoms with Crippen LogP contribution in [0, 0.1) is 0 Å². The van der Waals surface area contributed by atoms with E-state index in [1.807, 2.05) is 54.6 Å². The molecule has 0 N–H and O–H groups in total. The van der Waals surface area contributed by atoms with Gasteiger partial charge in [0.05, 0.1) is 14.2 Å². The summed E-state index contributed by atoms with van der Waals surface area (Å²) < 4.78 is 13.4. The maximum absolute atomic E-state index is 11.5. The van der Waals surface area contributed by atoms with Gasteiger partial charge in [0.25, 0.3) is 0 Å². The Morgan fingerprint density at radius 2 is 0.980 bits per heavy atom. The third kappa shape index (κ3) is 6.21. The maximum Gasteiger partial charge on any atom is 0.150 e. The van der Waals surface area contributed by atoms with Crippen LogP contribution in [0.1, 0.15) is 30.1 Å². The van der Waals surface area contributed by atoms with E-state index < -0.39 is 0 Å². The number of anilines is 6. The highest BCUT2D eigenvalue weighted by atomic mass is 16.5. The first kappa shape index (κ1) is 31.6. The van der Waals surface area contributed by atoms with Crippen molar-refractivity contribution >= 4 is 62.2 Å². The zero-order valence-electron chi connectivity index (χ0n) is 28.0. The smallest absolute Gasteiger partial charge is 0.150 e. The van der Waals surface area contributed by atoms with Crippen molar-refractivity contribution in [2.75, 3.05) is 24.0 Å². The number of hydrogen-bond acceptors (Lipinski definition) is 5. The molecule has 0 fully saturated rings. The third-order valence-corrected chi connectivity index (χ3v) is 9.05. The monoisotopic (exact) mass is 645 g/mol. The molecule has 7 rings (SSSR count). The summed E-state index contributed by atoms with van der Waals surface area (Å²) >= 11 is 0. The van der Waals surface area contributed by atoms with Crippen molar-refractivity contribution in [2.45, 2.75) is 26.3 Å². The van der Waals surface area contributed by atoms with E-state index in [1.54, 1.807) is 14.2 Å². The van der Waals surface area contributed by atoms with Crippen LogP contribution < -0.4 is 19.3 Å². The molecule has 0 bridgehead atoms. The Labute approximate surface area is 287 Å². The second kappa shape index (κ2) is 14.0. The van der Waals surface area contributed by atoms with Crippen molar-refractivity contribution in [1.82, 2.24) is 4.57 Å². The second-order valence-corrected chi connectivity index (χ2v) is 12.0. The first-order valence-corrected chi connectivity index (χ1v) is 16.7. The van der Waals surface area contributed by atoms with Crippen molar-refractivity contribution < 1.29 is 14.3 Å². The highest BCUT2D eigenvalue weighted by Crippen LogP contribution is 2.42. The van der Waals surface area contributed by atoms with Crippen LogP contribution in [0.5, 0.6) is 11.5 Å². The molecule has 244 valence electrons. The summed E-state index contributed by atoms with van der Waals surface area (Å²) in [5, 5.41) is 2.36. The molecule has 1 aromatic heterocycles. The van der Waals surface area contributed by atoms with Gasteiger partial charge in [-0.15, -0.1) is 0 Å². The summed E-state index contributed by atoms with van der Waals surface area (Å²) in [6.45, 7) is 3.17. The number of nitrogens with zero attached hydrogens (tertiary/aromatic N) is 3. The highest BCUT2D eigenvalue weighted by molar-refractivity contribution is 6.11. The standard InChI is InChI=1S/C43H39N3O3/c1-4-5-27-44-42-25-19-36(45(32-9-7-6-8-10-32)34-15-21-38(48-2)22-16-34)28-40(42)41-29-37(20-26-43(41)44)46(33-13-11-31(30-47)12-14-33)35-17-23-39(49-3)24-18-35/h6-26,28-30H,4-5,27H2,1-3H3. The number of ether oxygens (including phenoxy) is 2. The van der Waals surface area contributed by atoms with Crippen LogP contribution in [0.3, 0.4) is 0 Å². The lowest BCUT2D eigenvalue weighted by Crippen LogP contribution is -2.10. The molecule has 1 heterocycles. The van der Waals surface area contributed by atoms with Crippen LogP contribution in [-0.4, -0.2) is 25.1 Å². The summed E-state index contributed by atoms with van der Waals surface area (Å²) in [6, 6.07) is 48.0. The lowest BCUT2D eigenvalue weighted by atomic mass is 10.1. The number of carbonyl (C=O) groups excluding carboxylic acids is 1. The van der Waals surface area contributed by atoms with E-state index in [4.69, 9.17) is 9.47 Å². The van der Waals surface area contributed by atoms with Crippen molar-refractivity contribution in [2.24, 2.45) is 0 Å². The molecule has 0 aliphatic heterocycles. The van der Waals surface area contributed by atoms with Gasteiger partial charge in [0.15, 0.2) is 0 Å². The topological polar surface area (TPSA) is 46.9 Å². The first-order chi connectivity index (χ1) is 24.1. The lowest BCUT2D eigenvalue weighted by molar-refractivity contribution is 0.112. The van der Waals surface area contributed by atoms with Crippen LogP contribution in [0.4, 0.5) is 34.1 Å². The predicted octanol–water partition coefficient (Wildman–Crippen LogP) is 11.4. The number of aldehydes is 1.